The third-order valence-corrected chi connectivity index (χ3v) is 1.80. The van der Waals surface area contributed by atoms with Gasteiger partial charge in [-0.2, -0.15) is 0 Å². The van der Waals surface area contributed by atoms with Crippen molar-refractivity contribution >= 4 is 5.82 Å². The van der Waals surface area contributed by atoms with Crippen LogP contribution in [-0.2, 0) is 6.42 Å². The van der Waals surface area contributed by atoms with Gasteiger partial charge in [-0.3, -0.25) is 0 Å². The standard InChI is InChI=1S/C10H17N3/c1-3-12-10-6-4-5-9(13-10)7-8-11-2/h4-6,11H,3,7-8H2,1-2H3,(H,12,13). The molecule has 3 heteroatoms. The topological polar surface area (TPSA) is 37.0 Å². The molecule has 1 heterocycles. The lowest BCUT2D eigenvalue weighted by Crippen LogP contribution is -2.11. The number of aromatic nitrogens is 1. The molecular weight excluding hydrogens is 162 g/mol. The van der Waals surface area contributed by atoms with Crippen LogP contribution in [0.3, 0.4) is 0 Å². The molecule has 1 aromatic rings. The Morgan fingerprint density at radius 2 is 2.23 bits per heavy atom. The van der Waals surface area contributed by atoms with E-state index in [2.05, 4.69) is 28.6 Å². The van der Waals surface area contributed by atoms with E-state index >= 15 is 0 Å². The number of hydrogen-bond donors (Lipinski definition) is 2. The SMILES string of the molecule is CCNc1cccc(CCNC)n1. The second kappa shape index (κ2) is 5.54. The van der Waals surface area contributed by atoms with Gasteiger partial charge in [-0.1, -0.05) is 6.07 Å². The Labute approximate surface area is 79.6 Å². The van der Waals surface area contributed by atoms with Crippen LogP contribution in [0.15, 0.2) is 18.2 Å². The van der Waals surface area contributed by atoms with Gasteiger partial charge in [0.2, 0.25) is 0 Å². The first-order valence-electron chi connectivity index (χ1n) is 4.71. The van der Waals surface area contributed by atoms with Crippen LogP contribution in [0.2, 0.25) is 0 Å². The van der Waals surface area contributed by atoms with Gasteiger partial charge < -0.3 is 10.6 Å². The molecule has 0 amide bonds. The van der Waals surface area contributed by atoms with E-state index in [4.69, 9.17) is 0 Å². The van der Waals surface area contributed by atoms with E-state index < -0.39 is 0 Å². The Balaban J connectivity index is 2.56. The van der Waals surface area contributed by atoms with E-state index in [1.54, 1.807) is 0 Å². The smallest absolute Gasteiger partial charge is 0.126 e. The molecule has 0 aliphatic heterocycles. The third-order valence-electron chi connectivity index (χ3n) is 1.80. The van der Waals surface area contributed by atoms with Gasteiger partial charge in [0.1, 0.15) is 5.82 Å². The van der Waals surface area contributed by atoms with Crippen molar-refractivity contribution in [1.82, 2.24) is 10.3 Å². The average molecular weight is 179 g/mol. The summed E-state index contributed by atoms with van der Waals surface area (Å²) in [4.78, 5) is 4.45. The van der Waals surface area contributed by atoms with Crippen molar-refractivity contribution in [3.05, 3.63) is 23.9 Å². The molecule has 0 saturated carbocycles. The van der Waals surface area contributed by atoms with Crippen LogP contribution in [0.1, 0.15) is 12.6 Å². The minimum atomic E-state index is 0.919. The van der Waals surface area contributed by atoms with Crippen LogP contribution in [0.4, 0.5) is 5.82 Å². The first kappa shape index (κ1) is 9.99. The van der Waals surface area contributed by atoms with Gasteiger partial charge in [-0.15, -0.1) is 0 Å². The van der Waals surface area contributed by atoms with Crippen molar-refractivity contribution in [1.29, 1.82) is 0 Å². The lowest BCUT2D eigenvalue weighted by atomic mass is 10.2. The average Bonchev–Trinajstić information content (AvgIpc) is 2.16. The maximum atomic E-state index is 4.45. The molecule has 0 aliphatic rings. The van der Waals surface area contributed by atoms with E-state index in [0.29, 0.717) is 0 Å². The van der Waals surface area contributed by atoms with Gasteiger partial charge in [0.15, 0.2) is 0 Å². The zero-order valence-electron chi connectivity index (χ0n) is 8.30. The van der Waals surface area contributed by atoms with Crippen molar-refractivity contribution in [2.24, 2.45) is 0 Å². The zero-order chi connectivity index (χ0) is 9.52. The molecule has 2 N–H and O–H groups in total. The molecule has 13 heavy (non-hydrogen) atoms. The maximum Gasteiger partial charge on any atom is 0.126 e. The number of nitrogens with zero attached hydrogens (tertiary/aromatic N) is 1. The Hall–Kier alpha value is -1.09. The highest BCUT2D eigenvalue weighted by atomic mass is 15.0. The fraction of sp³-hybridized carbons (Fsp3) is 0.500. The van der Waals surface area contributed by atoms with Crippen LogP contribution >= 0.6 is 0 Å². The highest BCUT2D eigenvalue weighted by Crippen LogP contribution is 2.04. The van der Waals surface area contributed by atoms with Crippen LogP contribution in [0.25, 0.3) is 0 Å². The normalized spacial score (nSPS) is 10.0. The van der Waals surface area contributed by atoms with Gasteiger partial charge in [0, 0.05) is 25.2 Å². The van der Waals surface area contributed by atoms with Gasteiger partial charge in [0.05, 0.1) is 0 Å². The molecule has 0 aromatic carbocycles. The minimum absolute atomic E-state index is 0.919. The van der Waals surface area contributed by atoms with Gasteiger partial charge >= 0.3 is 0 Å². The number of nitrogens with one attached hydrogen (secondary N) is 2. The quantitative estimate of drug-likeness (QED) is 0.715. The van der Waals surface area contributed by atoms with Gasteiger partial charge in [-0.25, -0.2) is 4.98 Å². The number of anilines is 1. The van der Waals surface area contributed by atoms with E-state index in [9.17, 15) is 0 Å². The zero-order valence-corrected chi connectivity index (χ0v) is 8.30. The van der Waals surface area contributed by atoms with Crippen molar-refractivity contribution in [3.8, 4) is 0 Å². The lowest BCUT2D eigenvalue weighted by molar-refractivity contribution is 0.777. The number of pyridine rings is 1. The summed E-state index contributed by atoms with van der Waals surface area (Å²) in [6.07, 6.45) is 0.982. The second-order valence-corrected chi connectivity index (χ2v) is 2.90. The molecule has 0 fully saturated rings. The number of likely N-dealkylation sites (N-methyl/N-ethyl adjacent to an activating group) is 1. The summed E-state index contributed by atoms with van der Waals surface area (Å²) in [5.74, 6) is 0.969. The summed E-state index contributed by atoms with van der Waals surface area (Å²) in [5.41, 5.74) is 1.13. The van der Waals surface area contributed by atoms with Crippen molar-refractivity contribution in [2.45, 2.75) is 13.3 Å². The van der Waals surface area contributed by atoms with Crippen molar-refractivity contribution < 1.29 is 0 Å². The van der Waals surface area contributed by atoms with E-state index in [1.807, 2.05) is 19.2 Å². The van der Waals surface area contributed by atoms with Crippen LogP contribution in [-0.4, -0.2) is 25.1 Å². The maximum absolute atomic E-state index is 4.45. The summed E-state index contributed by atoms with van der Waals surface area (Å²) >= 11 is 0. The first-order valence-corrected chi connectivity index (χ1v) is 4.71. The summed E-state index contributed by atoms with van der Waals surface area (Å²) in [5, 5.41) is 6.30. The lowest BCUT2D eigenvalue weighted by Gasteiger charge is -2.04. The molecule has 0 saturated heterocycles. The molecule has 72 valence electrons. The van der Waals surface area contributed by atoms with Crippen LogP contribution in [0, 0.1) is 0 Å². The molecule has 0 radical (unpaired) electrons. The van der Waals surface area contributed by atoms with Gasteiger partial charge in [-0.05, 0) is 26.1 Å². The van der Waals surface area contributed by atoms with E-state index in [0.717, 1.165) is 31.0 Å². The first-order chi connectivity index (χ1) is 6.36. The Kier molecular flexibility index (Phi) is 4.26. The highest BCUT2D eigenvalue weighted by molar-refractivity contribution is 5.35. The fourth-order valence-corrected chi connectivity index (χ4v) is 1.15. The van der Waals surface area contributed by atoms with E-state index in [1.165, 1.54) is 0 Å². The molecular formula is C10H17N3. The molecule has 1 rings (SSSR count). The highest BCUT2D eigenvalue weighted by Gasteiger charge is 1.95. The third kappa shape index (κ3) is 3.42. The van der Waals surface area contributed by atoms with Crippen LogP contribution < -0.4 is 10.6 Å². The summed E-state index contributed by atoms with van der Waals surface area (Å²) in [7, 11) is 1.95. The van der Waals surface area contributed by atoms with Crippen molar-refractivity contribution in [3.63, 3.8) is 0 Å². The molecule has 0 spiro atoms. The van der Waals surface area contributed by atoms with Crippen molar-refractivity contribution in [2.75, 3.05) is 25.5 Å². The number of rotatable bonds is 5. The van der Waals surface area contributed by atoms with Crippen LogP contribution in [0.5, 0.6) is 0 Å². The Bertz CT molecular complexity index is 248. The second-order valence-electron chi connectivity index (χ2n) is 2.90. The van der Waals surface area contributed by atoms with Gasteiger partial charge in [0.25, 0.3) is 0 Å². The van der Waals surface area contributed by atoms with E-state index in [-0.39, 0.29) is 0 Å². The minimum Gasteiger partial charge on any atom is -0.370 e. The molecule has 0 aliphatic carbocycles. The Morgan fingerprint density at radius 3 is 2.92 bits per heavy atom. The summed E-state index contributed by atoms with van der Waals surface area (Å²) in [6.45, 7) is 3.97. The monoisotopic (exact) mass is 179 g/mol. The molecule has 1 aromatic heterocycles. The fourth-order valence-electron chi connectivity index (χ4n) is 1.15. The largest absolute Gasteiger partial charge is 0.370 e. The number of hydrogen-bond acceptors (Lipinski definition) is 3. The predicted molar refractivity (Wildman–Crippen MR) is 56.0 cm³/mol. The molecule has 0 bridgehead atoms. The molecule has 3 nitrogen and oxygen atoms in total. The Morgan fingerprint density at radius 1 is 1.38 bits per heavy atom. The molecule has 0 unspecified atom stereocenters. The predicted octanol–water partition coefficient (Wildman–Crippen LogP) is 1.28. The molecule has 0 atom stereocenters. The summed E-state index contributed by atoms with van der Waals surface area (Å²) in [6, 6.07) is 6.08. The summed E-state index contributed by atoms with van der Waals surface area (Å²) < 4.78 is 0.